The third kappa shape index (κ3) is 4.93. The predicted molar refractivity (Wildman–Crippen MR) is 69.4 cm³/mol. The molecule has 0 aromatic heterocycles. The lowest BCUT2D eigenvalue weighted by molar-refractivity contribution is -0.161. The minimum Gasteiger partial charge on any atom is -0.495 e. The summed E-state index contributed by atoms with van der Waals surface area (Å²) in [4.78, 5) is 23.0. The van der Waals surface area contributed by atoms with Crippen molar-refractivity contribution < 1.29 is 24.2 Å². The van der Waals surface area contributed by atoms with Crippen LogP contribution in [0.3, 0.4) is 0 Å². The zero-order valence-electron chi connectivity index (χ0n) is 11.5. The first-order valence-electron chi connectivity index (χ1n) is 6.72. The first-order chi connectivity index (χ1) is 9.06. The Hall–Kier alpha value is -1.52. The first-order valence-corrected chi connectivity index (χ1v) is 6.72. The van der Waals surface area contributed by atoms with Crippen LogP contribution in [0.5, 0.6) is 0 Å². The van der Waals surface area contributed by atoms with E-state index in [-0.39, 0.29) is 12.7 Å². The fourth-order valence-corrected chi connectivity index (χ4v) is 2.27. The lowest BCUT2D eigenvalue weighted by atomic mass is 9.79. The van der Waals surface area contributed by atoms with Crippen molar-refractivity contribution in [2.75, 3.05) is 6.61 Å². The molecule has 0 spiro atoms. The van der Waals surface area contributed by atoms with Gasteiger partial charge in [0.2, 0.25) is 0 Å². The minimum atomic E-state index is -0.903. The van der Waals surface area contributed by atoms with Crippen molar-refractivity contribution in [3.8, 4) is 0 Å². The number of rotatable bonds is 6. The molecule has 0 aliphatic heterocycles. The smallest absolute Gasteiger partial charge is 0.309 e. The second kappa shape index (κ2) is 7.81. The molecule has 1 rings (SSSR count). The van der Waals surface area contributed by atoms with Crippen LogP contribution >= 0.6 is 0 Å². The summed E-state index contributed by atoms with van der Waals surface area (Å²) < 4.78 is 10.4. The van der Waals surface area contributed by atoms with Crippen molar-refractivity contribution in [3.05, 3.63) is 12.3 Å². The van der Waals surface area contributed by atoms with E-state index in [4.69, 9.17) is 14.6 Å². The number of allylic oxidation sites excluding steroid dienone is 1. The fourth-order valence-electron chi connectivity index (χ4n) is 2.27. The number of ether oxygens (including phenoxy) is 2. The van der Waals surface area contributed by atoms with E-state index in [0.717, 1.165) is 12.8 Å². The van der Waals surface area contributed by atoms with Gasteiger partial charge in [-0.05, 0) is 26.7 Å². The zero-order chi connectivity index (χ0) is 14.3. The van der Waals surface area contributed by atoms with Gasteiger partial charge in [0.15, 0.2) is 0 Å². The molecule has 19 heavy (non-hydrogen) atoms. The molecule has 0 radical (unpaired) electrons. The lowest BCUT2D eigenvalue weighted by Gasteiger charge is -2.27. The van der Waals surface area contributed by atoms with Crippen LogP contribution < -0.4 is 0 Å². The molecule has 1 N–H and O–H groups in total. The molecule has 5 heteroatoms. The van der Waals surface area contributed by atoms with E-state index in [1.54, 1.807) is 19.3 Å². The Morgan fingerprint density at radius 3 is 2.53 bits per heavy atom. The van der Waals surface area contributed by atoms with Crippen molar-refractivity contribution in [1.82, 2.24) is 0 Å². The van der Waals surface area contributed by atoms with E-state index in [0.29, 0.717) is 12.8 Å². The van der Waals surface area contributed by atoms with E-state index in [2.05, 4.69) is 0 Å². The predicted octanol–water partition coefficient (Wildman–Crippen LogP) is 2.36. The van der Waals surface area contributed by atoms with Gasteiger partial charge in [0.25, 0.3) is 0 Å². The van der Waals surface area contributed by atoms with Crippen LogP contribution in [0.25, 0.3) is 0 Å². The highest BCUT2D eigenvalue weighted by Crippen LogP contribution is 2.31. The van der Waals surface area contributed by atoms with Crippen LogP contribution in [0.4, 0.5) is 0 Å². The highest BCUT2D eigenvalue weighted by molar-refractivity contribution is 5.81. The van der Waals surface area contributed by atoms with Crippen LogP contribution in [0, 0.1) is 11.8 Å². The number of hydrogen-bond donors (Lipinski definition) is 1. The van der Waals surface area contributed by atoms with Gasteiger partial charge >= 0.3 is 11.9 Å². The molecule has 0 saturated heterocycles. The van der Waals surface area contributed by atoms with Crippen molar-refractivity contribution >= 4 is 11.9 Å². The molecule has 0 amide bonds. The molecule has 0 bridgehead atoms. The maximum atomic E-state index is 11.9. The second-order valence-electron chi connectivity index (χ2n) is 4.88. The SMILES string of the molecule is CC=COC(C)COC(=O)C1CCCCC1C(=O)O. The number of aliphatic carboxylic acids is 1. The number of carbonyl (C=O) groups excluding carboxylic acids is 1. The minimum absolute atomic E-state index is 0.145. The standard InChI is InChI=1S/C14H22O5/c1-3-8-18-10(2)9-19-14(17)12-7-5-4-6-11(12)13(15)16/h3,8,10-12H,4-7,9H2,1-2H3,(H,15,16). The number of carboxylic acids is 1. The summed E-state index contributed by atoms with van der Waals surface area (Å²) in [6.07, 6.45) is 5.96. The van der Waals surface area contributed by atoms with E-state index >= 15 is 0 Å². The summed E-state index contributed by atoms with van der Waals surface area (Å²) in [5, 5.41) is 9.11. The van der Waals surface area contributed by atoms with Gasteiger partial charge in [-0.1, -0.05) is 18.9 Å². The lowest BCUT2D eigenvalue weighted by Crippen LogP contribution is -2.34. The zero-order valence-corrected chi connectivity index (χ0v) is 11.5. The Labute approximate surface area is 113 Å². The first kappa shape index (κ1) is 15.5. The van der Waals surface area contributed by atoms with Gasteiger partial charge < -0.3 is 14.6 Å². The van der Waals surface area contributed by atoms with Crippen LogP contribution in [0.15, 0.2) is 12.3 Å². The molecule has 3 unspecified atom stereocenters. The van der Waals surface area contributed by atoms with E-state index in [9.17, 15) is 9.59 Å². The monoisotopic (exact) mass is 270 g/mol. The number of carbonyl (C=O) groups is 2. The Kier molecular flexibility index (Phi) is 6.39. The second-order valence-corrected chi connectivity index (χ2v) is 4.88. The molecule has 1 aliphatic carbocycles. The summed E-state index contributed by atoms with van der Waals surface area (Å²) in [5.41, 5.74) is 0. The maximum absolute atomic E-state index is 11.9. The van der Waals surface area contributed by atoms with E-state index in [1.807, 2.05) is 6.92 Å². The third-order valence-corrected chi connectivity index (χ3v) is 3.29. The van der Waals surface area contributed by atoms with Crippen molar-refractivity contribution in [1.29, 1.82) is 0 Å². The quantitative estimate of drug-likeness (QED) is 0.592. The Balaban J connectivity index is 2.44. The summed E-state index contributed by atoms with van der Waals surface area (Å²) in [5.74, 6) is -2.43. The molecule has 0 aromatic rings. The molecule has 1 fully saturated rings. The van der Waals surface area contributed by atoms with Gasteiger partial charge in [-0.25, -0.2) is 0 Å². The van der Waals surface area contributed by atoms with E-state index in [1.165, 1.54) is 0 Å². The van der Waals surface area contributed by atoms with Crippen LogP contribution in [-0.2, 0) is 19.1 Å². The number of carboxylic acid groups (broad SMARTS) is 1. The largest absolute Gasteiger partial charge is 0.495 e. The van der Waals surface area contributed by atoms with Gasteiger partial charge in [0, 0.05) is 0 Å². The normalized spacial score (nSPS) is 24.9. The van der Waals surface area contributed by atoms with Crippen LogP contribution in [0.2, 0.25) is 0 Å². The van der Waals surface area contributed by atoms with Crippen molar-refractivity contribution in [2.45, 2.75) is 45.6 Å². The average Bonchev–Trinajstić information content (AvgIpc) is 2.42. The number of esters is 1. The van der Waals surface area contributed by atoms with Gasteiger partial charge in [-0.15, -0.1) is 0 Å². The number of hydrogen-bond acceptors (Lipinski definition) is 4. The average molecular weight is 270 g/mol. The van der Waals surface area contributed by atoms with Crippen molar-refractivity contribution in [3.63, 3.8) is 0 Å². The van der Waals surface area contributed by atoms with Crippen molar-refractivity contribution in [2.24, 2.45) is 11.8 Å². The summed E-state index contributed by atoms with van der Waals surface area (Å²) in [6.45, 7) is 3.77. The van der Waals surface area contributed by atoms with E-state index < -0.39 is 23.8 Å². The van der Waals surface area contributed by atoms with Gasteiger partial charge in [-0.3, -0.25) is 9.59 Å². The summed E-state index contributed by atoms with van der Waals surface area (Å²) in [6, 6.07) is 0. The highest BCUT2D eigenvalue weighted by Gasteiger charge is 2.36. The molecule has 5 nitrogen and oxygen atoms in total. The molecule has 3 atom stereocenters. The molecule has 0 heterocycles. The van der Waals surface area contributed by atoms with Gasteiger partial charge in [0.05, 0.1) is 18.1 Å². The summed E-state index contributed by atoms with van der Waals surface area (Å²) in [7, 11) is 0. The van der Waals surface area contributed by atoms with Crippen LogP contribution in [-0.4, -0.2) is 29.8 Å². The molecule has 0 aromatic carbocycles. The third-order valence-electron chi connectivity index (χ3n) is 3.29. The fraction of sp³-hybridized carbons (Fsp3) is 0.714. The Morgan fingerprint density at radius 2 is 1.95 bits per heavy atom. The Morgan fingerprint density at radius 1 is 1.32 bits per heavy atom. The topological polar surface area (TPSA) is 72.8 Å². The highest BCUT2D eigenvalue weighted by atomic mass is 16.6. The van der Waals surface area contributed by atoms with Gasteiger partial charge in [0.1, 0.15) is 12.7 Å². The molecular formula is C14H22O5. The summed E-state index contributed by atoms with van der Waals surface area (Å²) >= 11 is 0. The van der Waals surface area contributed by atoms with Gasteiger partial charge in [-0.2, -0.15) is 0 Å². The molecule has 1 saturated carbocycles. The maximum Gasteiger partial charge on any atom is 0.309 e. The molecule has 108 valence electrons. The Bertz CT molecular complexity index is 337. The molecular weight excluding hydrogens is 248 g/mol. The molecule has 1 aliphatic rings. The van der Waals surface area contributed by atoms with Crippen LogP contribution in [0.1, 0.15) is 39.5 Å².